The molecule has 2 rings (SSSR count). The summed E-state index contributed by atoms with van der Waals surface area (Å²) in [5, 5.41) is 6.74. The number of piperazine rings is 1. The second-order valence-corrected chi connectivity index (χ2v) is 7.38. The minimum absolute atomic E-state index is 0.0708. The maximum Gasteiger partial charge on any atom is 0.262 e. The van der Waals surface area contributed by atoms with Crippen molar-refractivity contribution in [1.29, 1.82) is 0 Å². The minimum Gasteiger partial charge on any atom is -0.326 e. The molecule has 0 aromatic carbocycles. The van der Waals surface area contributed by atoms with Crippen LogP contribution in [-0.2, 0) is 16.6 Å². The van der Waals surface area contributed by atoms with Gasteiger partial charge in [0, 0.05) is 43.0 Å². The predicted molar refractivity (Wildman–Crippen MR) is 76.7 cm³/mol. The van der Waals surface area contributed by atoms with Crippen molar-refractivity contribution in [2.75, 3.05) is 20.1 Å². The van der Waals surface area contributed by atoms with Crippen LogP contribution in [0.15, 0.2) is 5.03 Å². The monoisotopic (exact) mass is 301 g/mol. The van der Waals surface area contributed by atoms with Gasteiger partial charge in [0.15, 0.2) is 5.03 Å². The van der Waals surface area contributed by atoms with Crippen molar-refractivity contribution in [3.05, 3.63) is 11.3 Å². The fourth-order valence-corrected chi connectivity index (χ4v) is 4.34. The molecule has 1 aliphatic rings. The Bertz CT molecular complexity index is 571. The highest BCUT2D eigenvalue weighted by molar-refractivity contribution is 7.89. The van der Waals surface area contributed by atoms with Crippen LogP contribution >= 0.6 is 0 Å². The average molecular weight is 301 g/mol. The Morgan fingerprint density at radius 2 is 1.90 bits per heavy atom. The highest BCUT2D eigenvalue weighted by Crippen LogP contribution is 2.24. The molecule has 3 N–H and O–H groups in total. The van der Waals surface area contributed by atoms with E-state index in [0.29, 0.717) is 24.3 Å². The molecule has 2 atom stereocenters. The number of nitrogens with zero attached hydrogens (tertiary/aromatic N) is 3. The van der Waals surface area contributed by atoms with E-state index >= 15 is 0 Å². The molecule has 1 aliphatic heterocycles. The molecule has 0 spiro atoms. The molecule has 1 aromatic rings. The molecule has 0 bridgehead atoms. The average Bonchev–Trinajstić information content (AvgIpc) is 2.77. The maximum atomic E-state index is 12.7. The van der Waals surface area contributed by atoms with Crippen LogP contribution in [0.4, 0.5) is 0 Å². The predicted octanol–water partition coefficient (Wildman–Crippen LogP) is -0.110. The summed E-state index contributed by atoms with van der Waals surface area (Å²) >= 11 is 0. The van der Waals surface area contributed by atoms with Crippen molar-refractivity contribution < 1.29 is 8.42 Å². The Labute approximate surface area is 120 Å². The minimum atomic E-state index is -3.59. The molecule has 2 heterocycles. The van der Waals surface area contributed by atoms with Gasteiger partial charge in [0.2, 0.25) is 0 Å². The van der Waals surface area contributed by atoms with Crippen molar-refractivity contribution in [2.45, 2.75) is 44.4 Å². The van der Waals surface area contributed by atoms with Gasteiger partial charge >= 0.3 is 0 Å². The Balaban J connectivity index is 2.35. The van der Waals surface area contributed by atoms with E-state index in [-0.39, 0.29) is 23.7 Å². The van der Waals surface area contributed by atoms with E-state index in [1.165, 1.54) is 4.31 Å². The molecule has 1 aromatic heterocycles. The molecule has 8 heteroatoms. The van der Waals surface area contributed by atoms with Gasteiger partial charge in [-0.25, -0.2) is 8.42 Å². The van der Waals surface area contributed by atoms with Gasteiger partial charge < -0.3 is 5.73 Å². The van der Waals surface area contributed by atoms with E-state index in [1.54, 1.807) is 6.92 Å². The lowest BCUT2D eigenvalue weighted by Crippen LogP contribution is -2.56. The van der Waals surface area contributed by atoms with Gasteiger partial charge in [-0.2, -0.15) is 9.40 Å². The lowest BCUT2D eigenvalue weighted by molar-refractivity contribution is 0.105. The van der Waals surface area contributed by atoms with Crippen molar-refractivity contribution in [3.63, 3.8) is 0 Å². The zero-order chi connectivity index (χ0) is 15.1. The highest BCUT2D eigenvalue weighted by atomic mass is 32.2. The topological polar surface area (TPSA) is 95.3 Å². The number of nitrogens with two attached hydrogens (primary N) is 1. The van der Waals surface area contributed by atoms with E-state index < -0.39 is 10.0 Å². The summed E-state index contributed by atoms with van der Waals surface area (Å²) in [6.07, 6.45) is 0. The molecule has 2 unspecified atom stereocenters. The number of rotatable bonds is 3. The second kappa shape index (κ2) is 5.44. The standard InChI is InChI=1S/C12H23N5O2S/c1-8-6-17(7-9(2)16(8)4)20(18,19)12-11(5-13)10(3)14-15-12/h8-9H,5-7,13H2,1-4H3,(H,14,15). The number of aromatic nitrogens is 2. The first kappa shape index (κ1) is 15.4. The van der Waals surface area contributed by atoms with Crippen LogP contribution in [0.25, 0.3) is 0 Å². The maximum absolute atomic E-state index is 12.7. The summed E-state index contributed by atoms with van der Waals surface area (Å²) in [7, 11) is -1.57. The number of aromatic amines is 1. The number of H-pyrrole nitrogens is 1. The quantitative estimate of drug-likeness (QED) is 0.812. The summed E-state index contributed by atoms with van der Waals surface area (Å²) < 4.78 is 27.0. The van der Waals surface area contributed by atoms with Gasteiger partial charge in [-0.05, 0) is 27.8 Å². The molecule has 0 amide bonds. The Hall–Kier alpha value is -0.960. The molecular formula is C12H23N5O2S. The smallest absolute Gasteiger partial charge is 0.262 e. The molecule has 114 valence electrons. The number of hydrogen-bond donors (Lipinski definition) is 2. The Morgan fingerprint density at radius 3 is 2.40 bits per heavy atom. The van der Waals surface area contributed by atoms with E-state index in [1.807, 2.05) is 20.9 Å². The normalized spacial score (nSPS) is 26.1. The Morgan fingerprint density at radius 1 is 1.35 bits per heavy atom. The SMILES string of the molecule is Cc1[nH]nc(S(=O)(=O)N2CC(C)N(C)C(C)C2)c1CN. The number of likely N-dealkylation sites (N-methyl/N-ethyl adjacent to an activating group) is 1. The van der Waals surface area contributed by atoms with Crippen LogP contribution in [0.1, 0.15) is 25.1 Å². The summed E-state index contributed by atoms with van der Waals surface area (Å²) in [6, 6.07) is 0.352. The second-order valence-electron chi connectivity index (χ2n) is 5.52. The lowest BCUT2D eigenvalue weighted by atomic mass is 10.1. The third-order valence-electron chi connectivity index (χ3n) is 4.15. The van der Waals surface area contributed by atoms with E-state index in [0.717, 1.165) is 0 Å². The van der Waals surface area contributed by atoms with Crippen molar-refractivity contribution in [1.82, 2.24) is 19.4 Å². The highest BCUT2D eigenvalue weighted by Gasteiger charge is 2.36. The molecule has 0 saturated carbocycles. The van der Waals surface area contributed by atoms with Crippen molar-refractivity contribution in [3.8, 4) is 0 Å². The van der Waals surface area contributed by atoms with Gasteiger partial charge in [0.1, 0.15) is 0 Å². The Kier molecular flexibility index (Phi) is 4.19. The zero-order valence-electron chi connectivity index (χ0n) is 12.4. The molecule has 1 fully saturated rings. The summed E-state index contributed by atoms with van der Waals surface area (Å²) in [4.78, 5) is 2.19. The first-order valence-electron chi connectivity index (χ1n) is 6.75. The first-order valence-corrected chi connectivity index (χ1v) is 8.19. The van der Waals surface area contributed by atoms with Gasteiger partial charge in [-0.15, -0.1) is 0 Å². The van der Waals surface area contributed by atoms with Gasteiger partial charge in [-0.1, -0.05) is 0 Å². The largest absolute Gasteiger partial charge is 0.326 e. The van der Waals surface area contributed by atoms with Crippen LogP contribution in [0.3, 0.4) is 0 Å². The van der Waals surface area contributed by atoms with Gasteiger partial charge in [0.05, 0.1) is 0 Å². The molecule has 20 heavy (non-hydrogen) atoms. The van der Waals surface area contributed by atoms with Crippen LogP contribution in [0, 0.1) is 6.92 Å². The van der Waals surface area contributed by atoms with Gasteiger partial charge in [0.25, 0.3) is 10.0 Å². The lowest BCUT2D eigenvalue weighted by Gasteiger charge is -2.41. The fraction of sp³-hybridized carbons (Fsp3) is 0.750. The fourth-order valence-electron chi connectivity index (χ4n) is 2.56. The summed E-state index contributed by atoms with van der Waals surface area (Å²) in [5.41, 5.74) is 6.93. The van der Waals surface area contributed by atoms with E-state index in [9.17, 15) is 8.42 Å². The number of nitrogens with one attached hydrogen (secondary N) is 1. The van der Waals surface area contributed by atoms with E-state index in [4.69, 9.17) is 5.73 Å². The summed E-state index contributed by atoms with van der Waals surface area (Å²) in [5.74, 6) is 0. The molecule has 0 radical (unpaired) electrons. The zero-order valence-corrected chi connectivity index (χ0v) is 13.2. The van der Waals surface area contributed by atoms with Crippen LogP contribution in [-0.4, -0.2) is 60.0 Å². The number of sulfonamides is 1. The van der Waals surface area contributed by atoms with Crippen LogP contribution in [0.2, 0.25) is 0 Å². The molecule has 7 nitrogen and oxygen atoms in total. The molecule has 0 aliphatic carbocycles. The number of hydrogen-bond acceptors (Lipinski definition) is 5. The van der Waals surface area contributed by atoms with Crippen molar-refractivity contribution in [2.24, 2.45) is 5.73 Å². The van der Waals surface area contributed by atoms with Crippen LogP contribution in [0.5, 0.6) is 0 Å². The molecule has 1 saturated heterocycles. The third-order valence-corrected chi connectivity index (χ3v) is 5.95. The number of aryl methyl sites for hydroxylation is 1. The molecular weight excluding hydrogens is 278 g/mol. The van der Waals surface area contributed by atoms with Gasteiger partial charge in [-0.3, -0.25) is 10.00 Å². The van der Waals surface area contributed by atoms with E-state index in [2.05, 4.69) is 15.1 Å². The first-order chi connectivity index (χ1) is 9.28. The third kappa shape index (κ3) is 2.48. The van der Waals surface area contributed by atoms with Crippen LogP contribution < -0.4 is 5.73 Å². The summed E-state index contributed by atoms with van der Waals surface area (Å²) in [6.45, 7) is 6.94. The van der Waals surface area contributed by atoms with Crippen molar-refractivity contribution >= 4 is 10.0 Å².